The quantitative estimate of drug-likeness (QED) is 0.642. The van der Waals surface area contributed by atoms with Crippen LogP contribution in [0.4, 0.5) is 5.69 Å². The van der Waals surface area contributed by atoms with Crippen LogP contribution in [-0.2, 0) is 5.75 Å². The second-order valence-corrected chi connectivity index (χ2v) is 4.90. The second kappa shape index (κ2) is 6.32. The summed E-state index contributed by atoms with van der Waals surface area (Å²) in [6.07, 6.45) is 0.842. The minimum Gasteiger partial charge on any atom is -0.398 e. The van der Waals surface area contributed by atoms with Crippen molar-refractivity contribution >= 4 is 33.4 Å². The molecule has 0 saturated heterocycles. The fourth-order valence-corrected chi connectivity index (χ4v) is 2.78. The lowest BCUT2D eigenvalue weighted by Gasteiger charge is -2.07. The molecule has 78 valence electrons. The molecule has 0 radical (unpaired) electrons. The Balaban J connectivity index is 2.49. The van der Waals surface area contributed by atoms with Crippen LogP contribution in [0, 0.1) is 0 Å². The van der Waals surface area contributed by atoms with Crippen LogP contribution in [0.2, 0.25) is 0 Å². The highest BCUT2D eigenvalue weighted by molar-refractivity contribution is 9.10. The van der Waals surface area contributed by atoms with E-state index in [4.69, 9.17) is 10.8 Å². The van der Waals surface area contributed by atoms with Crippen molar-refractivity contribution in [2.45, 2.75) is 12.2 Å². The van der Waals surface area contributed by atoms with E-state index in [2.05, 4.69) is 15.9 Å². The predicted molar refractivity (Wildman–Crippen MR) is 66.4 cm³/mol. The highest BCUT2D eigenvalue weighted by atomic mass is 79.9. The molecular formula is C10H14BrNOS. The summed E-state index contributed by atoms with van der Waals surface area (Å²) in [7, 11) is 0. The lowest BCUT2D eigenvalue weighted by atomic mass is 10.2. The monoisotopic (exact) mass is 275 g/mol. The van der Waals surface area contributed by atoms with Gasteiger partial charge in [0.1, 0.15) is 0 Å². The molecule has 0 atom stereocenters. The third-order valence-corrected chi connectivity index (χ3v) is 3.66. The van der Waals surface area contributed by atoms with E-state index >= 15 is 0 Å². The molecule has 0 saturated carbocycles. The molecule has 2 nitrogen and oxygen atoms in total. The molecule has 0 unspecified atom stereocenters. The first-order valence-electron chi connectivity index (χ1n) is 4.47. The van der Waals surface area contributed by atoms with Crippen molar-refractivity contribution in [3.8, 4) is 0 Å². The molecule has 14 heavy (non-hydrogen) atoms. The predicted octanol–water partition coefficient (Wildman–Crippen LogP) is 2.65. The van der Waals surface area contributed by atoms with Crippen LogP contribution in [-0.4, -0.2) is 17.5 Å². The molecule has 0 heterocycles. The van der Waals surface area contributed by atoms with E-state index < -0.39 is 0 Å². The van der Waals surface area contributed by atoms with Gasteiger partial charge in [0.05, 0.1) is 0 Å². The summed E-state index contributed by atoms with van der Waals surface area (Å²) in [6, 6.07) is 5.84. The SMILES string of the molecule is Nc1cccc(Br)c1CSCCCO. The number of aliphatic hydroxyl groups is 1. The van der Waals surface area contributed by atoms with Crippen molar-refractivity contribution in [2.75, 3.05) is 18.1 Å². The fraction of sp³-hybridized carbons (Fsp3) is 0.400. The van der Waals surface area contributed by atoms with Gasteiger partial charge >= 0.3 is 0 Å². The van der Waals surface area contributed by atoms with Gasteiger partial charge in [-0.1, -0.05) is 22.0 Å². The minimum absolute atomic E-state index is 0.262. The average Bonchev–Trinajstić information content (AvgIpc) is 2.16. The van der Waals surface area contributed by atoms with Crippen molar-refractivity contribution < 1.29 is 5.11 Å². The van der Waals surface area contributed by atoms with E-state index in [1.54, 1.807) is 11.8 Å². The number of nitrogens with two attached hydrogens (primary N) is 1. The van der Waals surface area contributed by atoms with Gasteiger partial charge in [0, 0.05) is 22.5 Å². The molecule has 1 aromatic carbocycles. The standard InChI is InChI=1S/C10H14BrNOS/c11-9-3-1-4-10(12)8(9)7-14-6-2-5-13/h1,3-4,13H,2,5-7,12H2. The van der Waals surface area contributed by atoms with E-state index in [0.29, 0.717) is 0 Å². The van der Waals surface area contributed by atoms with Gasteiger partial charge in [-0.3, -0.25) is 0 Å². The molecular weight excluding hydrogens is 262 g/mol. The molecule has 0 aromatic heterocycles. The van der Waals surface area contributed by atoms with Gasteiger partial charge in [-0.25, -0.2) is 0 Å². The molecule has 4 heteroatoms. The maximum absolute atomic E-state index is 8.63. The Labute approximate surface area is 97.0 Å². The van der Waals surface area contributed by atoms with Gasteiger partial charge < -0.3 is 10.8 Å². The molecule has 1 rings (SSSR count). The normalized spacial score (nSPS) is 10.4. The molecule has 0 spiro atoms. The van der Waals surface area contributed by atoms with E-state index in [-0.39, 0.29) is 6.61 Å². The number of aliphatic hydroxyl groups excluding tert-OH is 1. The summed E-state index contributed by atoms with van der Waals surface area (Å²) in [6.45, 7) is 0.262. The average molecular weight is 276 g/mol. The fourth-order valence-electron chi connectivity index (χ4n) is 1.07. The molecule has 3 N–H and O–H groups in total. The first-order chi connectivity index (χ1) is 6.75. The highest BCUT2D eigenvalue weighted by Gasteiger charge is 2.03. The Morgan fingerprint density at radius 3 is 2.86 bits per heavy atom. The second-order valence-electron chi connectivity index (χ2n) is 2.94. The first kappa shape index (κ1) is 11.9. The lowest BCUT2D eigenvalue weighted by molar-refractivity contribution is 0.296. The summed E-state index contributed by atoms with van der Waals surface area (Å²) in [5.74, 6) is 1.87. The van der Waals surface area contributed by atoms with Crippen LogP contribution < -0.4 is 5.73 Å². The van der Waals surface area contributed by atoms with Gasteiger partial charge in [-0.05, 0) is 29.9 Å². The minimum atomic E-state index is 0.262. The maximum Gasteiger partial charge on any atom is 0.0438 e. The van der Waals surface area contributed by atoms with E-state index in [1.807, 2.05) is 18.2 Å². The zero-order chi connectivity index (χ0) is 10.4. The van der Waals surface area contributed by atoms with Crippen molar-refractivity contribution in [3.63, 3.8) is 0 Å². The molecule has 0 aliphatic rings. The topological polar surface area (TPSA) is 46.2 Å². The van der Waals surface area contributed by atoms with Gasteiger partial charge in [0.15, 0.2) is 0 Å². The first-order valence-corrected chi connectivity index (χ1v) is 6.42. The molecule has 0 aliphatic carbocycles. The van der Waals surface area contributed by atoms with E-state index in [9.17, 15) is 0 Å². The summed E-state index contributed by atoms with van der Waals surface area (Å²) in [5.41, 5.74) is 7.82. The van der Waals surface area contributed by atoms with E-state index in [0.717, 1.165) is 33.7 Å². The summed E-state index contributed by atoms with van der Waals surface area (Å²) >= 11 is 5.26. The Bertz CT molecular complexity index is 273. The summed E-state index contributed by atoms with van der Waals surface area (Å²) in [5, 5.41) is 8.63. The third-order valence-electron chi connectivity index (χ3n) is 1.85. The van der Waals surface area contributed by atoms with Crippen molar-refractivity contribution in [3.05, 3.63) is 28.2 Å². The Hall–Kier alpha value is -0.190. The molecule has 1 aromatic rings. The van der Waals surface area contributed by atoms with Gasteiger partial charge in [0.25, 0.3) is 0 Å². The zero-order valence-corrected chi connectivity index (χ0v) is 10.3. The van der Waals surface area contributed by atoms with Crippen molar-refractivity contribution in [1.29, 1.82) is 0 Å². The highest BCUT2D eigenvalue weighted by Crippen LogP contribution is 2.26. The molecule has 0 bridgehead atoms. The molecule has 0 amide bonds. The smallest absolute Gasteiger partial charge is 0.0438 e. The van der Waals surface area contributed by atoms with Crippen LogP contribution in [0.3, 0.4) is 0 Å². The lowest BCUT2D eigenvalue weighted by Crippen LogP contribution is -1.94. The van der Waals surface area contributed by atoms with Crippen molar-refractivity contribution in [2.24, 2.45) is 0 Å². The number of nitrogen functional groups attached to an aromatic ring is 1. The van der Waals surface area contributed by atoms with Crippen LogP contribution in [0.25, 0.3) is 0 Å². The molecule has 0 aliphatic heterocycles. The number of hydrogen-bond acceptors (Lipinski definition) is 3. The summed E-state index contributed by atoms with van der Waals surface area (Å²) in [4.78, 5) is 0. The van der Waals surface area contributed by atoms with Crippen LogP contribution in [0.5, 0.6) is 0 Å². The Kier molecular flexibility index (Phi) is 5.37. The third kappa shape index (κ3) is 3.52. The zero-order valence-electron chi connectivity index (χ0n) is 7.87. The van der Waals surface area contributed by atoms with E-state index in [1.165, 1.54) is 0 Å². The van der Waals surface area contributed by atoms with Crippen LogP contribution in [0.1, 0.15) is 12.0 Å². The Morgan fingerprint density at radius 2 is 2.21 bits per heavy atom. The number of hydrogen-bond donors (Lipinski definition) is 2. The van der Waals surface area contributed by atoms with Crippen molar-refractivity contribution in [1.82, 2.24) is 0 Å². The number of benzene rings is 1. The number of rotatable bonds is 5. The number of thioether (sulfide) groups is 1. The number of halogens is 1. The van der Waals surface area contributed by atoms with Gasteiger partial charge in [0.2, 0.25) is 0 Å². The van der Waals surface area contributed by atoms with Crippen LogP contribution in [0.15, 0.2) is 22.7 Å². The maximum atomic E-state index is 8.63. The largest absolute Gasteiger partial charge is 0.398 e. The molecule has 0 fully saturated rings. The van der Waals surface area contributed by atoms with Crippen LogP contribution >= 0.6 is 27.7 Å². The Morgan fingerprint density at radius 1 is 1.43 bits per heavy atom. The number of anilines is 1. The van der Waals surface area contributed by atoms with Gasteiger partial charge in [-0.15, -0.1) is 0 Å². The summed E-state index contributed by atoms with van der Waals surface area (Å²) < 4.78 is 1.06. The van der Waals surface area contributed by atoms with Gasteiger partial charge in [-0.2, -0.15) is 11.8 Å².